The summed E-state index contributed by atoms with van der Waals surface area (Å²) in [4.78, 5) is 18.1. The SMILES string of the molecule is CCC[C@@H]1N=C(c2ccccc2Cl)c2cc(Br)ccc2N(C(=N)SC(C)=O)C1=N. The number of aliphatic imine (C=N–C) groups is 1. The topological polar surface area (TPSA) is 80.4 Å². The molecule has 0 unspecified atom stereocenters. The summed E-state index contributed by atoms with van der Waals surface area (Å²) >= 11 is 10.8. The Bertz CT molecular complexity index is 1020. The first-order valence-electron chi connectivity index (χ1n) is 9.11. The lowest BCUT2D eigenvalue weighted by Gasteiger charge is -2.27. The van der Waals surface area contributed by atoms with Crippen LogP contribution in [0.5, 0.6) is 0 Å². The molecule has 1 aliphatic rings. The van der Waals surface area contributed by atoms with Gasteiger partial charge in [0.1, 0.15) is 11.9 Å². The summed E-state index contributed by atoms with van der Waals surface area (Å²) in [5.74, 6) is 0.177. The van der Waals surface area contributed by atoms with Crippen LogP contribution in [0.4, 0.5) is 5.69 Å². The Labute approximate surface area is 187 Å². The van der Waals surface area contributed by atoms with E-state index in [0.29, 0.717) is 22.8 Å². The van der Waals surface area contributed by atoms with Gasteiger partial charge >= 0.3 is 0 Å². The van der Waals surface area contributed by atoms with E-state index in [2.05, 4.69) is 15.9 Å². The Morgan fingerprint density at radius 3 is 2.66 bits per heavy atom. The fraction of sp³-hybridized carbons (Fsp3) is 0.238. The first-order chi connectivity index (χ1) is 13.8. The maximum absolute atomic E-state index is 11.7. The van der Waals surface area contributed by atoms with Gasteiger partial charge in [-0.05, 0) is 42.4 Å². The number of anilines is 1. The minimum Gasteiger partial charge on any atom is -0.287 e. The number of thioether (sulfide) groups is 1. The largest absolute Gasteiger partial charge is 0.287 e. The van der Waals surface area contributed by atoms with Gasteiger partial charge in [-0.2, -0.15) is 0 Å². The second kappa shape index (κ2) is 9.24. The summed E-state index contributed by atoms with van der Waals surface area (Å²) in [6.45, 7) is 3.45. The smallest absolute Gasteiger partial charge is 0.193 e. The fourth-order valence-electron chi connectivity index (χ4n) is 3.20. The van der Waals surface area contributed by atoms with Crippen LogP contribution >= 0.6 is 39.3 Å². The van der Waals surface area contributed by atoms with E-state index >= 15 is 0 Å². The molecule has 5 nitrogen and oxygen atoms in total. The number of hydrogen-bond acceptors (Lipinski definition) is 5. The van der Waals surface area contributed by atoms with Gasteiger partial charge in [-0.25, -0.2) is 0 Å². The van der Waals surface area contributed by atoms with E-state index in [9.17, 15) is 4.79 Å². The van der Waals surface area contributed by atoms with E-state index in [-0.39, 0.29) is 16.1 Å². The van der Waals surface area contributed by atoms with E-state index in [4.69, 9.17) is 27.4 Å². The molecule has 1 heterocycles. The summed E-state index contributed by atoms with van der Waals surface area (Å²) < 4.78 is 0.849. The van der Waals surface area contributed by atoms with Crippen LogP contribution in [0, 0.1) is 10.8 Å². The third-order valence-electron chi connectivity index (χ3n) is 4.43. The van der Waals surface area contributed by atoms with Gasteiger partial charge in [0.2, 0.25) is 0 Å². The molecule has 0 spiro atoms. The monoisotopic (exact) mass is 490 g/mol. The zero-order valence-corrected chi connectivity index (χ0v) is 19.2. The molecule has 2 aromatic rings. The molecule has 150 valence electrons. The Morgan fingerprint density at radius 1 is 1.28 bits per heavy atom. The lowest BCUT2D eigenvalue weighted by atomic mass is 10.00. The van der Waals surface area contributed by atoms with Crippen molar-refractivity contribution in [3.8, 4) is 0 Å². The molecular weight excluding hydrogens is 472 g/mol. The molecule has 0 bridgehead atoms. The highest BCUT2D eigenvalue weighted by Crippen LogP contribution is 2.35. The van der Waals surface area contributed by atoms with Crippen LogP contribution in [0.25, 0.3) is 0 Å². The summed E-state index contributed by atoms with van der Waals surface area (Å²) in [7, 11) is 0. The standard InChI is InChI=1S/C21H20BrClN4OS/c1-3-6-17-20(24)27(21(25)29-12(2)28)18-10-9-13(22)11-15(18)19(26-17)14-7-4-5-8-16(14)23/h4-5,7-11,17,24-25H,3,6H2,1-2H3/t17-/m0/s1. The minimum atomic E-state index is -0.453. The van der Waals surface area contributed by atoms with E-state index in [1.165, 1.54) is 11.8 Å². The molecule has 8 heteroatoms. The molecule has 2 N–H and O–H groups in total. The average molecular weight is 492 g/mol. The summed E-state index contributed by atoms with van der Waals surface area (Å²) in [5.41, 5.74) is 2.84. The highest BCUT2D eigenvalue weighted by Gasteiger charge is 2.32. The van der Waals surface area contributed by atoms with Gasteiger partial charge in [-0.3, -0.25) is 25.5 Å². The third kappa shape index (κ3) is 4.63. The predicted molar refractivity (Wildman–Crippen MR) is 126 cm³/mol. The minimum absolute atomic E-state index is 0.0113. The number of rotatable bonds is 3. The summed E-state index contributed by atoms with van der Waals surface area (Å²) in [6.07, 6.45) is 1.48. The number of carbonyl (C=O) groups is 1. The lowest BCUT2D eigenvalue weighted by molar-refractivity contribution is -0.109. The molecule has 0 saturated carbocycles. The Morgan fingerprint density at radius 2 is 2.00 bits per heavy atom. The zero-order chi connectivity index (χ0) is 21.1. The number of halogens is 2. The number of benzene rings is 2. The van der Waals surface area contributed by atoms with Crippen LogP contribution in [-0.2, 0) is 4.79 Å². The lowest BCUT2D eigenvalue weighted by Crippen LogP contribution is -2.40. The summed E-state index contributed by atoms with van der Waals surface area (Å²) in [5, 5.41) is 17.7. The second-order valence-corrected chi connectivity index (χ2v) is 9.03. The molecule has 0 radical (unpaired) electrons. The van der Waals surface area contributed by atoms with E-state index in [1.807, 2.05) is 49.4 Å². The number of carbonyl (C=O) groups excluding carboxylic acids is 1. The molecule has 1 aliphatic heterocycles. The van der Waals surface area contributed by atoms with Crippen molar-refractivity contribution in [1.29, 1.82) is 10.8 Å². The van der Waals surface area contributed by atoms with Crippen molar-refractivity contribution >= 4 is 66.8 Å². The van der Waals surface area contributed by atoms with Gasteiger partial charge < -0.3 is 0 Å². The first kappa shape index (κ1) is 21.7. The van der Waals surface area contributed by atoms with Crippen LogP contribution in [0.2, 0.25) is 5.02 Å². The number of hydrogen-bond donors (Lipinski definition) is 2. The second-order valence-electron chi connectivity index (χ2n) is 6.54. The number of fused-ring (bicyclic) bond motifs is 1. The molecule has 0 amide bonds. The van der Waals surface area contributed by atoms with Crippen molar-refractivity contribution in [3.05, 3.63) is 63.1 Å². The molecule has 0 fully saturated rings. The molecule has 0 aromatic heterocycles. The maximum atomic E-state index is 11.7. The van der Waals surface area contributed by atoms with Gasteiger partial charge in [-0.1, -0.05) is 59.1 Å². The van der Waals surface area contributed by atoms with Crippen molar-refractivity contribution in [2.75, 3.05) is 4.90 Å². The Hall–Kier alpha value is -1.96. The van der Waals surface area contributed by atoms with Gasteiger partial charge in [0.25, 0.3) is 0 Å². The molecule has 0 aliphatic carbocycles. The number of benzodiazepines with no additional fused rings is 1. The molecule has 2 aromatic carbocycles. The number of nitrogens with one attached hydrogen (secondary N) is 2. The van der Waals surface area contributed by atoms with Gasteiger partial charge in [0.15, 0.2) is 10.3 Å². The Kier molecular flexibility index (Phi) is 6.93. The van der Waals surface area contributed by atoms with Gasteiger partial charge in [0, 0.05) is 27.5 Å². The van der Waals surface area contributed by atoms with E-state index in [0.717, 1.165) is 33.8 Å². The number of nitrogens with zero attached hydrogens (tertiary/aromatic N) is 2. The maximum Gasteiger partial charge on any atom is 0.193 e. The molecular formula is C21H20BrClN4OS. The highest BCUT2D eigenvalue weighted by molar-refractivity contribution is 9.10. The van der Waals surface area contributed by atoms with Crippen molar-refractivity contribution in [2.45, 2.75) is 32.7 Å². The van der Waals surface area contributed by atoms with Gasteiger partial charge in [-0.15, -0.1) is 0 Å². The molecule has 3 rings (SSSR count). The van der Waals surface area contributed by atoms with Crippen molar-refractivity contribution in [3.63, 3.8) is 0 Å². The van der Waals surface area contributed by atoms with E-state index < -0.39 is 6.04 Å². The quantitative estimate of drug-likeness (QED) is 0.401. The van der Waals surface area contributed by atoms with E-state index in [1.54, 1.807) is 0 Å². The third-order valence-corrected chi connectivity index (χ3v) is 5.92. The van der Waals surface area contributed by atoms with Crippen LogP contribution in [-0.4, -0.2) is 27.9 Å². The van der Waals surface area contributed by atoms with Gasteiger partial charge in [0.05, 0.1) is 11.4 Å². The van der Waals surface area contributed by atoms with Crippen molar-refractivity contribution < 1.29 is 4.79 Å². The van der Waals surface area contributed by atoms with Crippen LogP contribution in [0.3, 0.4) is 0 Å². The normalized spacial score (nSPS) is 16.1. The Balaban J connectivity index is 2.28. The summed E-state index contributed by atoms with van der Waals surface area (Å²) in [6, 6.07) is 12.6. The molecule has 1 atom stereocenters. The first-order valence-corrected chi connectivity index (χ1v) is 11.1. The van der Waals surface area contributed by atoms with Crippen LogP contribution in [0.15, 0.2) is 51.9 Å². The predicted octanol–water partition coefficient (Wildman–Crippen LogP) is 6.12. The fourth-order valence-corrected chi connectivity index (χ4v) is 4.35. The average Bonchev–Trinajstić information content (AvgIpc) is 2.77. The van der Waals surface area contributed by atoms with Crippen molar-refractivity contribution in [2.24, 2.45) is 4.99 Å². The highest BCUT2D eigenvalue weighted by atomic mass is 79.9. The van der Waals surface area contributed by atoms with Crippen LogP contribution in [0.1, 0.15) is 37.8 Å². The molecule has 0 saturated heterocycles. The van der Waals surface area contributed by atoms with Crippen molar-refractivity contribution in [1.82, 2.24) is 0 Å². The van der Waals surface area contributed by atoms with Crippen LogP contribution < -0.4 is 4.90 Å². The zero-order valence-electron chi connectivity index (χ0n) is 16.0. The number of amidine groups is 2. The molecule has 29 heavy (non-hydrogen) atoms.